The number of benzene rings is 1. The highest BCUT2D eigenvalue weighted by Gasteiger charge is 2.11. The lowest BCUT2D eigenvalue weighted by atomic mass is 10.1. The van der Waals surface area contributed by atoms with Crippen LogP contribution in [0.5, 0.6) is 0 Å². The van der Waals surface area contributed by atoms with Crippen molar-refractivity contribution >= 4 is 23.2 Å². The first-order chi connectivity index (χ1) is 6.72. The molecule has 2 unspecified atom stereocenters. The van der Waals surface area contributed by atoms with Crippen LogP contribution in [0.15, 0.2) is 30.3 Å². The van der Waals surface area contributed by atoms with Crippen molar-refractivity contribution in [2.75, 3.05) is 6.54 Å². The number of halogens is 2. The number of hydrogen-bond donors (Lipinski definition) is 1. The molecule has 0 saturated carbocycles. The Morgan fingerprint density at radius 1 is 1.07 bits per heavy atom. The van der Waals surface area contributed by atoms with E-state index < -0.39 is 0 Å². The van der Waals surface area contributed by atoms with Crippen molar-refractivity contribution in [2.45, 2.75) is 23.6 Å². The van der Waals surface area contributed by atoms with Crippen LogP contribution in [0.2, 0.25) is 0 Å². The summed E-state index contributed by atoms with van der Waals surface area (Å²) in [5.41, 5.74) is 6.67. The van der Waals surface area contributed by atoms with Gasteiger partial charge in [-0.1, -0.05) is 30.3 Å². The van der Waals surface area contributed by atoms with Gasteiger partial charge in [0.05, 0.1) is 0 Å². The second-order valence-corrected chi connectivity index (χ2v) is 4.59. The van der Waals surface area contributed by atoms with Gasteiger partial charge in [-0.25, -0.2) is 0 Å². The molecular weight excluding hydrogens is 217 g/mol. The normalized spacial score (nSPS) is 15.1. The molecule has 2 N–H and O–H groups in total. The summed E-state index contributed by atoms with van der Waals surface area (Å²) in [5, 5.41) is 0.0599. The maximum absolute atomic E-state index is 6.15. The summed E-state index contributed by atoms with van der Waals surface area (Å²) in [7, 11) is 0. The Kier molecular flexibility index (Phi) is 5.31. The van der Waals surface area contributed by atoms with Gasteiger partial charge in [0.15, 0.2) is 0 Å². The first kappa shape index (κ1) is 11.8. The molecule has 0 bridgehead atoms. The Labute approximate surface area is 95.2 Å². The summed E-state index contributed by atoms with van der Waals surface area (Å²) in [6.07, 6.45) is 1.61. The van der Waals surface area contributed by atoms with E-state index in [0.29, 0.717) is 6.54 Å². The third-order valence-electron chi connectivity index (χ3n) is 2.07. The fraction of sp³-hybridized carbons (Fsp3) is 0.455. The van der Waals surface area contributed by atoms with Crippen LogP contribution < -0.4 is 5.73 Å². The van der Waals surface area contributed by atoms with Crippen LogP contribution in [0.3, 0.4) is 0 Å². The van der Waals surface area contributed by atoms with Crippen LogP contribution in [0.1, 0.15) is 12.0 Å². The quantitative estimate of drug-likeness (QED) is 0.776. The van der Waals surface area contributed by atoms with Gasteiger partial charge in [-0.3, -0.25) is 0 Å². The smallest absolute Gasteiger partial charge is 0.0472 e. The minimum Gasteiger partial charge on any atom is -0.329 e. The summed E-state index contributed by atoms with van der Waals surface area (Å²) < 4.78 is 0. The van der Waals surface area contributed by atoms with E-state index in [4.69, 9.17) is 28.9 Å². The van der Waals surface area contributed by atoms with Gasteiger partial charge in [0.1, 0.15) is 0 Å². The Hall–Kier alpha value is -0.240. The third kappa shape index (κ3) is 4.32. The van der Waals surface area contributed by atoms with Crippen LogP contribution in [0, 0.1) is 0 Å². The van der Waals surface area contributed by atoms with E-state index in [9.17, 15) is 0 Å². The van der Waals surface area contributed by atoms with Crippen LogP contribution in [-0.4, -0.2) is 17.3 Å². The topological polar surface area (TPSA) is 26.0 Å². The maximum Gasteiger partial charge on any atom is 0.0472 e. The first-order valence-electron chi connectivity index (χ1n) is 4.74. The summed E-state index contributed by atoms with van der Waals surface area (Å²) in [4.78, 5) is 0. The van der Waals surface area contributed by atoms with Gasteiger partial charge in [-0.15, -0.1) is 23.2 Å². The predicted molar refractivity (Wildman–Crippen MR) is 63.1 cm³/mol. The monoisotopic (exact) mass is 231 g/mol. The molecule has 1 nitrogen and oxygen atoms in total. The van der Waals surface area contributed by atoms with Crippen LogP contribution in [0.25, 0.3) is 0 Å². The van der Waals surface area contributed by atoms with E-state index in [0.717, 1.165) is 12.8 Å². The molecule has 14 heavy (non-hydrogen) atoms. The lowest BCUT2D eigenvalue weighted by molar-refractivity contribution is 0.701. The Morgan fingerprint density at radius 2 is 1.71 bits per heavy atom. The van der Waals surface area contributed by atoms with Gasteiger partial charge in [0.2, 0.25) is 0 Å². The molecule has 0 saturated heterocycles. The second-order valence-electron chi connectivity index (χ2n) is 3.36. The standard InChI is InChI=1S/C11H15Cl2N/c12-10(7-11(13)8-14)6-9-4-2-1-3-5-9/h1-5,10-11H,6-8,14H2. The van der Waals surface area contributed by atoms with Crippen molar-refractivity contribution in [3.05, 3.63) is 35.9 Å². The number of hydrogen-bond acceptors (Lipinski definition) is 1. The summed E-state index contributed by atoms with van der Waals surface area (Å²) in [6, 6.07) is 10.2. The molecule has 2 atom stereocenters. The lowest BCUT2D eigenvalue weighted by Gasteiger charge is -2.12. The number of alkyl halides is 2. The van der Waals surface area contributed by atoms with Crippen LogP contribution in [-0.2, 0) is 6.42 Å². The van der Waals surface area contributed by atoms with E-state index in [1.165, 1.54) is 5.56 Å². The zero-order valence-electron chi connectivity index (χ0n) is 8.00. The van der Waals surface area contributed by atoms with Crippen molar-refractivity contribution in [3.8, 4) is 0 Å². The molecule has 3 heteroatoms. The van der Waals surface area contributed by atoms with Gasteiger partial charge < -0.3 is 5.73 Å². The molecule has 1 rings (SSSR count). The highest BCUT2D eigenvalue weighted by molar-refractivity contribution is 6.23. The fourth-order valence-electron chi connectivity index (χ4n) is 1.33. The van der Waals surface area contributed by atoms with Crippen LogP contribution >= 0.6 is 23.2 Å². The van der Waals surface area contributed by atoms with E-state index in [1.54, 1.807) is 0 Å². The van der Waals surface area contributed by atoms with Crippen molar-refractivity contribution in [1.29, 1.82) is 0 Å². The molecular formula is C11H15Cl2N. The SMILES string of the molecule is NCC(Cl)CC(Cl)Cc1ccccc1. The minimum atomic E-state index is -0.0128. The molecule has 1 aromatic carbocycles. The second kappa shape index (κ2) is 6.28. The lowest BCUT2D eigenvalue weighted by Crippen LogP contribution is -2.19. The minimum absolute atomic E-state index is 0.0128. The Bertz CT molecular complexity index is 251. The molecule has 0 aromatic heterocycles. The van der Waals surface area contributed by atoms with Crippen molar-refractivity contribution in [3.63, 3.8) is 0 Å². The fourth-order valence-corrected chi connectivity index (χ4v) is 2.03. The Balaban J connectivity index is 2.37. The summed E-state index contributed by atoms with van der Waals surface area (Å²) >= 11 is 12.1. The molecule has 78 valence electrons. The molecule has 0 aliphatic heterocycles. The molecule has 0 radical (unpaired) electrons. The van der Waals surface area contributed by atoms with E-state index in [1.807, 2.05) is 18.2 Å². The third-order valence-corrected chi connectivity index (χ3v) is 2.76. The van der Waals surface area contributed by atoms with Crippen LogP contribution in [0.4, 0.5) is 0 Å². The van der Waals surface area contributed by atoms with Crippen molar-refractivity contribution < 1.29 is 0 Å². The highest BCUT2D eigenvalue weighted by Crippen LogP contribution is 2.15. The summed E-state index contributed by atoms with van der Waals surface area (Å²) in [5.74, 6) is 0. The molecule has 0 spiro atoms. The maximum atomic E-state index is 6.15. The molecule has 0 aliphatic carbocycles. The molecule has 0 heterocycles. The molecule has 0 aliphatic rings. The average molecular weight is 232 g/mol. The van der Waals surface area contributed by atoms with Gasteiger partial charge in [0, 0.05) is 17.3 Å². The van der Waals surface area contributed by atoms with Crippen molar-refractivity contribution in [2.24, 2.45) is 5.73 Å². The number of nitrogens with two attached hydrogens (primary N) is 1. The molecule has 0 amide bonds. The van der Waals surface area contributed by atoms with E-state index in [-0.39, 0.29) is 10.8 Å². The first-order valence-corrected chi connectivity index (χ1v) is 5.61. The highest BCUT2D eigenvalue weighted by atomic mass is 35.5. The van der Waals surface area contributed by atoms with E-state index in [2.05, 4.69) is 12.1 Å². The largest absolute Gasteiger partial charge is 0.329 e. The van der Waals surface area contributed by atoms with E-state index >= 15 is 0 Å². The van der Waals surface area contributed by atoms with Gasteiger partial charge in [0.25, 0.3) is 0 Å². The predicted octanol–water partition coefficient (Wildman–Crippen LogP) is 2.79. The number of rotatable bonds is 5. The zero-order chi connectivity index (χ0) is 10.4. The molecule has 0 fully saturated rings. The zero-order valence-corrected chi connectivity index (χ0v) is 9.51. The summed E-state index contributed by atoms with van der Waals surface area (Å²) in [6.45, 7) is 0.486. The average Bonchev–Trinajstić information content (AvgIpc) is 2.19. The van der Waals surface area contributed by atoms with Crippen molar-refractivity contribution in [1.82, 2.24) is 0 Å². The Morgan fingerprint density at radius 3 is 2.29 bits per heavy atom. The molecule has 1 aromatic rings. The van der Waals surface area contributed by atoms with Gasteiger partial charge in [-0.05, 0) is 18.4 Å². The van der Waals surface area contributed by atoms with Gasteiger partial charge >= 0.3 is 0 Å². The van der Waals surface area contributed by atoms with Gasteiger partial charge in [-0.2, -0.15) is 0 Å².